The highest BCUT2D eigenvalue weighted by Gasteiger charge is 2.17. The van der Waals surface area contributed by atoms with Crippen LogP contribution in [0.3, 0.4) is 0 Å². The van der Waals surface area contributed by atoms with Gasteiger partial charge in [-0.25, -0.2) is 0 Å². The van der Waals surface area contributed by atoms with Crippen LogP contribution in [-0.4, -0.2) is 22.9 Å². The Bertz CT molecular complexity index is 261. The number of rotatable bonds is 2. The zero-order valence-corrected chi connectivity index (χ0v) is 8.16. The van der Waals surface area contributed by atoms with E-state index in [1.807, 2.05) is 6.20 Å². The summed E-state index contributed by atoms with van der Waals surface area (Å²) in [5, 5.41) is 7.73. The first kappa shape index (κ1) is 8.75. The van der Waals surface area contributed by atoms with Gasteiger partial charge in [0.2, 0.25) is 0 Å². The smallest absolute Gasteiger partial charge is 0.0492 e. The molecule has 1 aromatic heterocycles. The van der Waals surface area contributed by atoms with Crippen molar-refractivity contribution in [2.75, 3.05) is 13.1 Å². The van der Waals surface area contributed by atoms with E-state index in [9.17, 15) is 0 Å². The van der Waals surface area contributed by atoms with Crippen LogP contribution in [0, 0.1) is 0 Å². The Labute approximate surface area is 79.1 Å². The molecule has 1 N–H and O–H groups in total. The molecule has 13 heavy (non-hydrogen) atoms. The molecule has 0 spiro atoms. The number of hydrogen-bond acceptors (Lipinski definition) is 2. The van der Waals surface area contributed by atoms with Gasteiger partial charge in [0.05, 0.1) is 0 Å². The molecule has 0 aliphatic carbocycles. The van der Waals surface area contributed by atoms with Crippen molar-refractivity contribution < 1.29 is 0 Å². The van der Waals surface area contributed by atoms with E-state index in [0.717, 1.165) is 13.1 Å². The fraction of sp³-hybridized carbons (Fsp3) is 0.700. The van der Waals surface area contributed by atoms with Crippen LogP contribution in [0.1, 0.15) is 31.4 Å². The zero-order chi connectivity index (χ0) is 9.10. The summed E-state index contributed by atoms with van der Waals surface area (Å²) >= 11 is 0. The number of aryl methyl sites for hydroxylation is 1. The average Bonchev–Trinajstić information content (AvgIpc) is 2.67. The molecule has 1 aliphatic heterocycles. The van der Waals surface area contributed by atoms with Crippen LogP contribution in [0.2, 0.25) is 0 Å². The van der Waals surface area contributed by atoms with Gasteiger partial charge in [-0.1, -0.05) is 0 Å². The summed E-state index contributed by atoms with van der Waals surface area (Å²) in [7, 11) is 0. The van der Waals surface area contributed by atoms with Crippen molar-refractivity contribution in [2.24, 2.45) is 0 Å². The Morgan fingerprint density at radius 2 is 2.62 bits per heavy atom. The van der Waals surface area contributed by atoms with Crippen LogP contribution < -0.4 is 5.32 Å². The molecule has 0 bridgehead atoms. The van der Waals surface area contributed by atoms with E-state index >= 15 is 0 Å². The van der Waals surface area contributed by atoms with Crippen LogP contribution in [0.5, 0.6) is 0 Å². The predicted molar refractivity (Wildman–Crippen MR) is 52.7 cm³/mol. The summed E-state index contributed by atoms with van der Waals surface area (Å²) in [6, 6.07) is 2.15. The monoisotopic (exact) mass is 179 g/mol. The molecule has 1 atom stereocenters. The first-order chi connectivity index (χ1) is 6.42. The van der Waals surface area contributed by atoms with Gasteiger partial charge in [-0.3, -0.25) is 4.68 Å². The molecule has 0 amide bonds. The third-order valence-electron chi connectivity index (χ3n) is 2.76. The molecule has 1 saturated heterocycles. The molecule has 72 valence electrons. The van der Waals surface area contributed by atoms with Crippen LogP contribution in [0.4, 0.5) is 0 Å². The maximum absolute atomic E-state index is 4.30. The summed E-state index contributed by atoms with van der Waals surface area (Å²) in [4.78, 5) is 0. The fourth-order valence-corrected chi connectivity index (χ4v) is 2.06. The van der Waals surface area contributed by atoms with Crippen LogP contribution in [-0.2, 0) is 6.54 Å². The predicted octanol–water partition coefficient (Wildman–Crippen LogP) is 1.37. The molecular formula is C10H17N3. The van der Waals surface area contributed by atoms with Gasteiger partial charge in [0.15, 0.2) is 0 Å². The van der Waals surface area contributed by atoms with Gasteiger partial charge in [-0.2, -0.15) is 5.10 Å². The first-order valence-electron chi connectivity index (χ1n) is 5.14. The lowest BCUT2D eigenvalue weighted by molar-refractivity contribution is 0.434. The number of piperidine rings is 1. The average molecular weight is 179 g/mol. The molecule has 0 aromatic carbocycles. The molecule has 1 fully saturated rings. The Morgan fingerprint density at radius 3 is 3.31 bits per heavy atom. The second kappa shape index (κ2) is 3.92. The van der Waals surface area contributed by atoms with E-state index in [1.54, 1.807) is 0 Å². The van der Waals surface area contributed by atoms with Crippen molar-refractivity contribution in [3.8, 4) is 0 Å². The standard InChI is InChI=1S/C10H17N3/c1-2-13-10(5-7-12-13)9-4-3-6-11-8-9/h5,7,9,11H,2-4,6,8H2,1H3. The number of hydrogen-bond donors (Lipinski definition) is 1. The van der Waals surface area contributed by atoms with Crippen molar-refractivity contribution in [1.82, 2.24) is 15.1 Å². The highest BCUT2D eigenvalue weighted by Crippen LogP contribution is 2.22. The molecule has 2 rings (SSSR count). The number of nitrogens with one attached hydrogen (secondary N) is 1. The van der Waals surface area contributed by atoms with Crippen molar-refractivity contribution in [3.63, 3.8) is 0 Å². The van der Waals surface area contributed by atoms with Gasteiger partial charge in [0.1, 0.15) is 0 Å². The minimum absolute atomic E-state index is 0.677. The first-order valence-corrected chi connectivity index (χ1v) is 5.14. The van der Waals surface area contributed by atoms with Gasteiger partial charge < -0.3 is 5.32 Å². The molecule has 0 saturated carbocycles. The largest absolute Gasteiger partial charge is 0.316 e. The number of nitrogens with zero attached hydrogens (tertiary/aromatic N) is 2. The molecule has 1 aliphatic rings. The van der Waals surface area contributed by atoms with E-state index in [1.165, 1.54) is 25.1 Å². The summed E-state index contributed by atoms with van der Waals surface area (Å²) in [5.74, 6) is 0.677. The lowest BCUT2D eigenvalue weighted by atomic mass is 9.96. The maximum atomic E-state index is 4.30. The van der Waals surface area contributed by atoms with E-state index in [-0.39, 0.29) is 0 Å². The Kier molecular flexibility index (Phi) is 2.64. The molecule has 2 heterocycles. The van der Waals surface area contributed by atoms with E-state index < -0.39 is 0 Å². The van der Waals surface area contributed by atoms with Gasteiger partial charge in [-0.05, 0) is 32.4 Å². The summed E-state index contributed by atoms with van der Waals surface area (Å²) in [6.45, 7) is 5.42. The zero-order valence-electron chi connectivity index (χ0n) is 8.16. The molecule has 1 aromatic rings. The van der Waals surface area contributed by atoms with Gasteiger partial charge >= 0.3 is 0 Å². The minimum Gasteiger partial charge on any atom is -0.316 e. The second-order valence-electron chi connectivity index (χ2n) is 3.62. The summed E-state index contributed by atoms with van der Waals surface area (Å²) in [5.41, 5.74) is 1.40. The lowest BCUT2D eigenvalue weighted by Crippen LogP contribution is -2.29. The molecule has 3 nitrogen and oxygen atoms in total. The lowest BCUT2D eigenvalue weighted by Gasteiger charge is -2.23. The Hall–Kier alpha value is -0.830. The van der Waals surface area contributed by atoms with Crippen LogP contribution >= 0.6 is 0 Å². The highest BCUT2D eigenvalue weighted by atomic mass is 15.3. The van der Waals surface area contributed by atoms with Crippen molar-refractivity contribution in [2.45, 2.75) is 32.2 Å². The van der Waals surface area contributed by atoms with Crippen molar-refractivity contribution in [3.05, 3.63) is 18.0 Å². The van der Waals surface area contributed by atoms with Crippen LogP contribution in [0.25, 0.3) is 0 Å². The summed E-state index contributed by atoms with van der Waals surface area (Å²) in [6.07, 6.45) is 4.51. The maximum Gasteiger partial charge on any atom is 0.0492 e. The van der Waals surface area contributed by atoms with Crippen LogP contribution in [0.15, 0.2) is 12.3 Å². The Morgan fingerprint density at radius 1 is 1.69 bits per heavy atom. The SMILES string of the molecule is CCn1nccc1C1CCCNC1. The summed E-state index contributed by atoms with van der Waals surface area (Å²) < 4.78 is 2.11. The normalized spacial score (nSPS) is 23.3. The van der Waals surface area contributed by atoms with E-state index in [4.69, 9.17) is 0 Å². The molecule has 1 unspecified atom stereocenters. The van der Waals surface area contributed by atoms with Gasteiger partial charge in [0.25, 0.3) is 0 Å². The van der Waals surface area contributed by atoms with Gasteiger partial charge in [-0.15, -0.1) is 0 Å². The molecule has 3 heteroatoms. The molecular weight excluding hydrogens is 162 g/mol. The molecule has 0 radical (unpaired) electrons. The second-order valence-corrected chi connectivity index (χ2v) is 3.62. The van der Waals surface area contributed by atoms with E-state index in [2.05, 4.69) is 28.1 Å². The highest BCUT2D eigenvalue weighted by molar-refractivity contribution is 5.09. The van der Waals surface area contributed by atoms with Crippen molar-refractivity contribution in [1.29, 1.82) is 0 Å². The third kappa shape index (κ3) is 1.75. The fourth-order valence-electron chi connectivity index (χ4n) is 2.06. The Balaban J connectivity index is 2.13. The quantitative estimate of drug-likeness (QED) is 0.743. The minimum atomic E-state index is 0.677. The van der Waals surface area contributed by atoms with Gasteiger partial charge in [0, 0.05) is 30.9 Å². The van der Waals surface area contributed by atoms with E-state index in [0.29, 0.717) is 5.92 Å². The third-order valence-corrected chi connectivity index (χ3v) is 2.76. The van der Waals surface area contributed by atoms with Crippen molar-refractivity contribution >= 4 is 0 Å². The number of aromatic nitrogens is 2. The topological polar surface area (TPSA) is 29.9 Å².